The maximum Gasteiger partial charge on any atom is 0.258 e. The van der Waals surface area contributed by atoms with Gasteiger partial charge in [0.25, 0.3) is 5.88 Å². The minimum absolute atomic E-state index is 0.431. The van der Waals surface area contributed by atoms with E-state index in [2.05, 4.69) is 25.3 Å². The number of anilines is 3. The molecule has 130 valence electrons. The maximum atomic E-state index is 5.27. The van der Waals surface area contributed by atoms with Crippen molar-refractivity contribution < 1.29 is 9.47 Å². The molecule has 4 heterocycles. The molecular weight excluding hydrogens is 320 g/mol. The number of imidazole rings is 1. The molecule has 25 heavy (non-hydrogen) atoms. The maximum absolute atomic E-state index is 5.27. The quantitative estimate of drug-likeness (QED) is 0.764. The molecule has 0 amide bonds. The van der Waals surface area contributed by atoms with E-state index in [1.807, 2.05) is 24.4 Å². The Labute approximate surface area is 145 Å². The zero-order chi connectivity index (χ0) is 17.2. The molecule has 0 bridgehead atoms. The Kier molecular flexibility index (Phi) is 4.01. The molecule has 1 aliphatic heterocycles. The van der Waals surface area contributed by atoms with E-state index in [0.29, 0.717) is 17.4 Å². The van der Waals surface area contributed by atoms with Crippen LogP contribution in [0.3, 0.4) is 0 Å². The first-order valence-electron chi connectivity index (χ1n) is 8.24. The van der Waals surface area contributed by atoms with E-state index in [-0.39, 0.29) is 0 Å². The number of methoxy groups -OCH3 is 2. The van der Waals surface area contributed by atoms with Gasteiger partial charge in [-0.05, 0) is 25.0 Å². The Morgan fingerprint density at radius 3 is 2.72 bits per heavy atom. The van der Waals surface area contributed by atoms with Gasteiger partial charge in [0, 0.05) is 31.5 Å². The second-order valence-corrected chi connectivity index (χ2v) is 5.84. The van der Waals surface area contributed by atoms with Gasteiger partial charge >= 0.3 is 0 Å². The third-order valence-corrected chi connectivity index (χ3v) is 4.28. The third-order valence-electron chi connectivity index (χ3n) is 4.28. The molecule has 0 aromatic carbocycles. The van der Waals surface area contributed by atoms with Crippen molar-refractivity contribution >= 4 is 23.0 Å². The molecule has 1 N–H and O–H groups in total. The highest BCUT2D eigenvalue weighted by Crippen LogP contribution is 2.29. The molecule has 4 rings (SSSR count). The number of fused-ring (bicyclic) bond motifs is 1. The molecule has 8 heteroatoms. The van der Waals surface area contributed by atoms with Crippen molar-refractivity contribution in [2.45, 2.75) is 12.8 Å². The van der Waals surface area contributed by atoms with Gasteiger partial charge in [-0.1, -0.05) is 0 Å². The van der Waals surface area contributed by atoms with Crippen molar-refractivity contribution in [3.05, 3.63) is 30.6 Å². The number of aromatic nitrogens is 4. The minimum atomic E-state index is 0.431. The van der Waals surface area contributed by atoms with Crippen molar-refractivity contribution in [2.75, 3.05) is 37.5 Å². The first kappa shape index (κ1) is 15.5. The van der Waals surface area contributed by atoms with Crippen LogP contribution in [0.4, 0.5) is 17.3 Å². The van der Waals surface area contributed by atoms with Gasteiger partial charge in [0.2, 0.25) is 0 Å². The van der Waals surface area contributed by atoms with Gasteiger partial charge in [-0.15, -0.1) is 5.10 Å². The topological polar surface area (TPSA) is 76.8 Å². The molecule has 0 saturated carbocycles. The van der Waals surface area contributed by atoms with Gasteiger partial charge in [-0.25, -0.2) is 9.50 Å². The highest BCUT2D eigenvalue weighted by atomic mass is 16.5. The Morgan fingerprint density at radius 1 is 1.12 bits per heavy atom. The van der Waals surface area contributed by atoms with Crippen molar-refractivity contribution in [1.82, 2.24) is 19.6 Å². The number of nitrogens with zero attached hydrogens (tertiary/aromatic N) is 5. The normalized spacial score (nSPS) is 14.1. The van der Waals surface area contributed by atoms with Gasteiger partial charge in [0.15, 0.2) is 17.2 Å². The van der Waals surface area contributed by atoms with Crippen LogP contribution in [-0.2, 0) is 0 Å². The minimum Gasteiger partial charge on any atom is -0.491 e. The average molecular weight is 340 g/mol. The van der Waals surface area contributed by atoms with E-state index in [1.165, 1.54) is 12.8 Å². The Hall–Kier alpha value is -3.03. The summed E-state index contributed by atoms with van der Waals surface area (Å²) in [5.41, 5.74) is 1.60. The summed E-state index contributed by atoms with van der Waals surface area (Å²) in [5, 5.41) is 7.98. The van der Waals surface area contributed by atoms with Crippen LogP contribution >= 0.6 is 0 Å². The summed E-state index contributed by atoms with van der Waals surface area (Å²) in [4.78, 5) is 11.1. The summed E-state index contributed by atoms with van der Waals surface area (Å²) in [6, 6.07) is 5.68. The van der Waals surface area contributed by atoms with E-state index in [1.54, 1.807) is 24.9 Å². The van der Waals surface area contributed by atoms with Crippen LogP contribution in [-0.4, -0.2) is 46.9 Å². The zero-order valence-corrected chi connectivity index (χ0v) is 14.3. The van der Waals surface area contributed by atoms with E-state index in [4.69, 9.17) is 9.47 Å². The summed E-state index contributed by atoms with van der Waals surface area (Å²) in [5.74, 6) is 2.61. The molecule has 0 radical (unpaired) electrons. The number of hydrogen-bond acceptors (Lipinski definition) is 7. The smallest absolute Gasteiger partial charge is 0.258 e. The second-order valence-electron chi connectivity index (χ2n) is 5.84. The lowest BCUT2D eigenvalue weighted by Gasteiger charge is -2.18. The molecule has 3 aromatic heterocycles. The standard InChI is InChI=1S/C17H20N6O2/c1-24-13-5-6-14(20-17(13)25-2)19-12-11-15(22-8-3-4-9-22)21-23-10-7-18-16(12)23/h5-7,10-11H,3-4,8-9H2,1-2H3,(H,19,20). The molecule has 0 spiro atoms. The first-order chi connectivity index (χ1) is 12.3. The number of nitrogens with one attached hydrogen (secondary N) is 1. The van der Waals surface area contributed by atoms with Gasteiger partial charge in [-0.3, -0.25) is 0 Å². The molecule has 1 fully saturated rings. The Morgan fingerprint density at radius 2 is 1.96 bits per heavy atom. The highest BCUT2D eigenvalue weighted by molar-refractivity contribution is 5.75. The van der Waals surface area contributed by atoms with Gasteiger partial charge in [-0.2, -0.15) is 4.98 Å². The molecule has 0 aliphatic carbocycles. The van der Waals surface area contributed by atoms with Crippen LogP contribution in [0.2, 0.25) is 0 Å². The van der Waals surface area contributed by atoms with Gasteiger partial charge in [0.1, 0.15) is 5.82 Å². The van der Waals surface area contributed by atoms with E-state index in [9.17, 15) is 0 Å². The fraction of sp³-hybridized carbons (Fsp3) is 0.353. The van der Waals surface area contributed by atoms with Gasteiger partial charge in [0.05, 0.1) is 19.9 Å². The van der Waals surface area contributed by atoms with Crippen molar-refractivity contribution in [3.63, 3.8) is 0 Å². The third kappa shape index (κ3) is 2.90. The highest BCUT2D eigenvalue weighted by Gasteiger charge is 2.17. The molecule has 0 unspecified atom stereocenters. The summed E-state index contributed by atoms with van der Waals surface area (Å²) in [6.07, 6.45) is 5.98. The molecule has 1 aliphatic rings. The summed E-state index contributed by atoms with van der Waals surface area (Å²) in [7, 11) is 3.16. The first-order valence-corrected chi connectivity index (χ1v) is 8.24. The van der Waals surface area contributed by atoms with Crippen molar-refractivity contribution in [3.8, 4) is 11.6 Å². The monoisotopic (exact) mass is 340 g/mol. The SMILES string of the molecule is COc1ccc(Nc2cc(N3CCCC3)nn3ccnc23)nc1OC. The van der Waals surface area contributed by atoms with Crippen LogP contribution in [0.15, 0.2) is 30.6 Å². The van der Waals surface area contributed by atoms with E-state index >= 15 is 0 Å². The summed E-state index contributed by atoms with van der Waals surface area (Å²) >= 11 is 0. The van der Waals surface area contributed by atoms with Crippen LogP contribution in [0.25, 0.3) is 5.65 Å². The molecule has 1 saturated heterocycles. The zero-order valence-electron chi connectivity index (χ0n) is 14.3. The number of rotatable bonds is 5. The lowest BCUT2D eigenvalue weighted by atomic mass is 10.3. The van der Waals surface area contributed by atoms with Crippen molar-refractivity contribution in [2.24, 2.45) is 0 Å². The fourth-order valence-electron chi connectivity index (χ4n) is 3.03. The molecule has 3 aromatic rings. The number of pyridine rings is 1. The van der Waals surface area contributed by atoms with Crippen LogP contribution in [0.5, 0.6) is 11.6 Å². The second kappa shape index (κ2) is 6.46. The Bertz CT molecular complexity index is 888. The fourth-order valence-corrected chi connectivity index (χ4v) is 3.03. The number of hydrogen-bond donors (Lipinski definition) is 1. The van der Waals surface area contributed by atoms with Crippen LogP contribution in [0, 0.1) is 0 Å². The summed E-state index contributed by atoms with van der Waals surface area (Å²) < 4.78 is 12.3. The lowest BCUT2D eigenvalue weighted by molar-refractivity contribution is 0.343. The largest absolute Gasteiger partial charge is 0.491 e. The molecule has 0 atom stereocenters. The van der Waals surface area contributed by atoms with Crippen LogP contribution < -0.4 is 19.7 Å². The summed E-state index contributed by atoms with van der Waals surface area (Å²) in [6.45, 7) is 2.06. The predicted octanol–water partition coefficient (Wildman–Crippen LogP) is 2.49. The van der Waals surface area contributed by atoms with Crippen LogP contribution in [0.1, 0.15) is 12.8 Å². The predicted molar refractivity (Wildman–Crippen MR) is 95.1 cm³/mol. The van der Waals surface area contributed by atoms with E-state index < -0.39 is 0 Å². The van der Waals surface area contributed by atoms with Gasteiger partial charge < -0.3 is 19.7 Å². The lowest BCUT2D eigenvalue weighted by Crippen LogP contribution is -2.20. The molecular formula is C17H20N6O2. The number of ether oxygens (including phenoxy) is 2. The Balaban J connectivity index is 1.72. The average Bonchev–Trinajstić information content (AvgIpc) is 3.33. The molecule has 8 nitrogen and oxygen atoms in total. The van der Waals surface area contributed by atoms with Crippen molar-refractivity contribution in [1.29, 1.82) is 0 Å². The van der Waals surface area contributed by atoms with E-state index in [0.717, 1.165) is 30.2 Å².